The summed E-state index contributed by atoms with van der Waals surface area (Å²) in [7, 11) is 1.70. The first-order valence-electron chi connectivity index (χ1n) is 2.87. The topological polar surface area (TPSA) is 68.0 Å². The number of aromatic nitrogens is 3. The number of nitrogens with zero attached hydrogens (tertiary/aromatic N) is 3. The Hall–Kier alpha value is -0.910. The Morgan fingerprint density at radius 2 is 2.36 bits per heavy atom. The zero-order valence-corrected chi connectivity index (χ0v) is 7.37. The largest absolute Gasteiger partial charge is 0.481 e. The van der Waals surface area contributed by atoms with Crippen LogP contribution >= 0.6 is 15.9 Å². The van der Waals surface area contributed by atoms with Crippen molar-refractivity contribution in [2.24, 2.45) is 7.05 Å². The van der Waals surface area contributed by atoms with Gasteiger partial charge in [-0.1, -0.05) is 0 Å². The van der Waals surface area contributed by atoms with E-state index >= 15 is 0 Å². The molecule has 1 rings (SSSR count). The Labute approximate surface area is 71.2 Å². The molecule has 0 spiro atoms. The van der Waals surface area contributed by atoms with Crippen molar-refractivity contribution < 1.29 is 9.90 Å². The Morgan fingerprint density at radius 3 is 2.73 bits per heavy atom. The molecule has 0 radical (unpaired) electrons. The average Bonchev–Trinajstić information content (AvgIpc) is 2.18. The maximum Gasteiger partial charge on any atom is 0.311 e. The molecular weight excluding hydrogens is 214 g/mol. The van der Waals surface area contributed by atoms with E-state index in [1.165, 1.54) is 0 Å². The Balaban J connectivity index is 2.87. The second-order valence-corrected chi connectivity index (χ2v) is 2.72. The van der Waals surface area contributed by atoms with Crippen molar-refractivity contribution in [1.82, 2.24) is 14.8 Å². The molecule has 1 aromatic rings. The molecule has 1 heterocycles. The number of aliphatic carboxylic acids is 1. The van der Waals surface area contributed by atoms with Crippen LogP contribution in [0.5, 0.6) is 0 Å². The van der Waals surface area contributed by atoms with Crippen LogP contribution in [0.2, 0.25) is 0 Å². The molecule has 1 aromatic heterocycles. The first kappa shape index (κ1) is 8.19. The van der Waals surface area contributed by atoms with Gasteiger partial charge in [0.25, 0.3) is 0 Å². The SMILES string of the molecule is Cn1c(Br)nnc1CC(=O)O. The fourth-order valence-electron chi connectivity index (χ4n) is 0.629. The van der Waals surface area contributed by atoms with Crippen LogP contribution in [0.25, 0.3) is 0 Å². The van der Waals surface area contributed by atoms with Gasteiger partial charge in [0, 0.05) is 7.05 Å². The van der Waals surface area contributed by atoms with E-state index in [1.54, 1.807) is 11.6 Å². The van der Waals surface area contributed by atoms with Crippen molar-refractivity contribution in [3.8, 4) is 0 Å². The molecule has 0 unspecified atom stereocenters. The molecule has 0 fully saturated rings. The lowest BCUT2D eigenvalue weighted by Crippen LogP contribution is -2.06. The second-order valence-electron chi connectivity index (χ2n) is 2.01. The minimum atomic E-state index is -0.909. The van der Waals surface area contributed by atoms with Crippen molar-refractivity contribution in [1.29, 1.82) is 0 Å². The molecule has 0 saturated carbocycles. The minimum absolute atomic E-state index is 0.102. The first-order chi connectivity index (χ1) is 5.11. The van der Waals surface area contributed by atoms with Gasteiger partial charge in [-0.2, -0.15) is 0 Å². The molecule has 0 bridgehead atoms. The van der Waals surface area contributed by atoms with Crippen LogP contribution in [-0.4, -0.2) is 25.8 Å². The number of hydrogen-bond acceptors (Lipinski definition) is 3. The molecule has 60 valence electrons. The van der Waals surface area contributed by atoms with Crippen LogP contribution in [0.15, 0.2) is 4.73 Å². The maximum atomic E-state index is 10.2. The van der Waals surface area contributed by atoms with Crippen molar-refractivity contribution in [2.45, 2.75) is 6.42 Å². The summed E-state index contributed by atoms with van der Waals surface area (Å²) in [5.74, 6) is -0.475. The summed E-state index contributed by atoms with van der Waals surface area (Å²) >= 11 is 3.10. The van der Waals surface area contributed by atoms with Crippen molar-refractivity contribution in [2.75, 3.05) is 0 Å². The van der Waals surface area contributed by atoms with E-state index in [0.717, 1.165) is 0 Å². The maximum absolute atomic E-state index is 10.2. The van der Waals surface area contributed by atoms with Crippen molar-refractivity contribution in [3.05, 3.63) is 10.6 Å². The van der Waals surface area contributed by atoms with Crippen molar-refractivity contribution in [3.63, 3.8) is 0 Å². The molecule has 0 saturated heterocycles. The monoisotopic (exact) mass is 219 g/mol. The predicted molar refractivity (Wildman–Crippen MR) is 40.0 cm³/mol. The van der Waals surface area contributed by atoms with E-state index in [-0.39, 0.29) is 6.42 Å². The molecule has 0 aliphatic carbocycles. The number of carboxylic acid groups (broad SMARTS) is 1. The van der Waals surface area contributed by atoms with Crippen LogP contribution < -0.4 is 0 Å². The molecular formula is C5H6BrN3O2. The molecule has 0 amide bonds. The number of rotatable bonds is 2. The van der Waals surface area contributed by atoms with Gasteiger partial charge in [0.15, 0.2) is 4.73 Å². The van der Waals surface area contributed by atoms with Gasteiger partial charge in [0.2, 0.25) is 0 Å². The highest BCUT2D eigenvalue weighted by Crippen LogP contribution is 2.06. The predicted octanol–water partition coefficient (Wildman–Crippen LogP) is 0.205. The molecule has 0 aliphatic rings. The van der Waals surface area contributed by atoms with Gasteiger partial charge in [0.1, 0.15) is 12.2 Å². The van der Waals surface area contributed by atoms with Crippen LogP contribution in [0, 0.1) is 0 Å². The lowest BCUT2D eigenvalue weighted by Gasteiger charge is -1.95. The Kier molecular flexibility index (Phi) is 2.23. The minimum Gasteiger partial charge on any atom is -0.481 e. The van der Waals surface area contributed by atoms with Gasteiger partial charge in [-0.3, -0.25) is 4.79 Å². The molecule has 5 nitrogen and oxygen atoms in total. The summed E-state index contributed by atoms with van der Waals surface area (Å²) < 4.78 is 2.11. The lowest BCUT2D eigenvalue weighted by atomic mass is 10.4. The molecule has 0 aliphatic heterocycles. The van der Waals surface area contributed by atoms with Gasteiger partial charge in [-0.05, 0) is 15.9 Å². The van der Waals surface area contributed by atoms with E-state index in [9.17, 15) is 4.79 Å². The van der Waals surface area contributed by atoms with Crippen molar-refractivity contribution >= 4 is 21.9 Å². The number of hydrogen-bond donors (Lipinski definition) is 1. The van der Waals surface area contributed by atoms with Gasteiger partial charge < -0.3 is 9.67 Å². The van der Waals surface area contributed by atoms with E-state index in [1.807, 2.05) is 0 Å². The zero-order chi connectivity index (χ0) is 8.43. The van der Waals surface area contributed by atoms with E-state index in [4.69, 9.17) is 5.11 Å². The molecule has 6 heteroatoms. The summed E-state index contributed by atoms with van der Waals surface area (Å²) in [6.07, 6.45) is -0.102. The summed E-state index contributed by atoms with van der Waals surface area (Å²) in [6, 6.07) is 0. The molecule has 11 heavy (non-hydrogen) atoms. The normalized spacial score (nSPS) is 10.0. The van der Waals surface area contributed by atoms with Crippen LogP contribution in [0.4, 0.5) is 0 Å². The highest BCUT2D eigenvalue weighted by molar-refractivity contribution is 9.10. The number of carbonyl (C=O) groups is 1. The van der Waals surface area contributed by atoms with E-state index < -0.39 is 5.97 Å². The Bertz CT molecular complexity index is 283. The lowest BCUT2D eigenvalue weighted by molar-refractivity contribution is -0.136. The summed E-state index contributed by atoms with van der Waals surface area (Å²) in [5.41, 5.74) is 0. The van der Waals surface area contributed by atoms with Gasteiger partial charge >= 0.3 is 5.97 Å². The summed E-state index contributed by atoms with van der Waals surface area (Å²) in [6.45, 7) is 0. The van der Waals surface area contributed by atoms with Gasteiger partial charge in [-0.15, -0.1) is 10.2 Å². The Morgan fingerprint density at radius 1 is 1.73 bits per heavy atom. The van der Waals surface area contributed by atoms with Crippen LogP contribution in [0.3, 0.4) is 0 Å². The zero-order valence-electron chi connectivity index (χ0n) is 5.78. The second kappa shape index (κ2) is 3.00. The number of halogens is 1. The fourth-order valence-corrected chi connectivity index (χ4v) is 0.913. The van der Waals surface area contributed by atoms with Gasteiger partial charge in [0.05, 0.1) is 0 Å². The van der Waals surface area contributed by atoms with E-state index in [2.05, 4.69) is 26.1 Å². The third-order valence-electron chi connectivity index (χ3n) is 1.22. The third-order valence-corrected chi connectivity index (χ3v) is 1.91. The van der Waals surface area contributed by atoms with Gasteiger partial charge in [-0.25, -0.2) is 0 Å². The highest BCUT2D eigenvalue weighted by Gasteiger charge is 2.08. The molecule has 0 aromatic carbocycles. The smallest absolute Gasteiger partial charge is 0.311 e. The summed E-state index contributed by atoms with van der Waals surface area (Å²) in [5, 5.41) is 15.7. The quantitative estimate of drug-likeness (QED) is 0.773. The van der Waals surface area contributed by atoms with E-state index in [0.29, 0.717) is 10.6 Å². The average molecular weight is 220 g/mol. The first-order valence-corrected chi connectivity index (χ1v) is 3.66. The van der Waals surface area contributed by atoms with Crippen LogP contribution in [0.1, 0.15) is 5.82 Å². The standard InChI is InChI=1S/C5H6BrN3O2/c1-9-3(2-4(10)11)7-8-5(9)6/h2H2,1H3,(H,10,11). The fraction of sp³-hybridized carbons (Fsp3) is 0.400. The van der Waals surface area contributed by atoms with Crippen LogP contribution in [-0.2, 0) is 18.3 Å². The summed E-state index contributed by atoms with van der Waals surface area (Å²) in [4.78, 5) is 10.2. The highest BCUT2D eigenvalue weighted by atomic mass is 79.9. The third kappa shape index (κ3) is 1.76. The molecule has 1 N–H and O–H groups in total. The number of carboxylic acids is 1. The molecule has 0 atom stereocenters.